The Kier molecular flexibility index (Phi) is 5.19. The van der Waals surface area contributed by atoms with Crippen molar-refractivity contribution in [3.05, 3.63) is 60.2 Å². The van der Waals surface area contributed by atoms with Crippen LogP contribution in [-0.2, 0) is 9.47 Å². The largest absolute Gasteiger partial charge is 0.455 e. The van der Waals surface area contributed by atoms with Crippen LogP contribution in [0.4, 0.5) is 0 Å². The fourth-order valence-electron chi connectivity index (χ4n) is 1.64. The lowest BCUT2D eigenvalue weighted by atomic mass is 10.2. The SMILES string of the molecule is C[C@@H](OC(=O)c1ccncc1)[C@@H](C)OC(=O)c1ccncc1. The normalized spacial score (nSPS) is 13.0. The van der Waals surface area contributed by atoms with Crippen LogP contribution in [0.3, 0.4) is 0 Å². The van der Waals surface area contributed by atoms with Crippen LogP contribution in [-0.4, -0.2) is 34.1 Å². The molecular weight excluding hydrogens is 284 g/mol. The zero-order chi connectivity index (χ0) is 15.9. The lowest BCUT2D eigenvalue weighted by Crippen LogP contribution is -2.30. The lowest BCUT2D eigenvalue weighted by molar-refractivity contribution is -0.0239. The summed E-state index contributed by atoms with van der Waals surface area (Å²) in [6, 6.07) is 6.23. The maximum atomic E-state index is 11.9. The molecule has 2 atom stereocenters. The molecule has 0 radical (unpaired) electrons. The van der Waals surface area contributed by atoms with Gasteiger partial charge in [-0.05, 0) is 38.1 Å². The Hall–Kier alpha value is -2.76. The molecule has 2 heterocycles. The van der Waals surface area contributed by atoms with Gasteiger partial charge in [-0.25, -0.2) is 9.59 Å². The van der Waals surface area contributed by atoms with Crippen molar-refractivity contribution in [2.45, 2.75) is 26.1 Å². The summed E-state index contributed by atoms with van der Waals surface area (Å²) in [5, 5.41) is 0. The van der Waals surface area contributed by atoms with E-state index in [1.54, 1.807) is 38.1 Å². The van der Waals surface area contributed by atoms with Crippen LogP contribution < -0.4 is 0 Å². The zero-order valence-corrected chi connectivity index (χ0v) is 12.3. The minimum Gasteiger partial charge on any atom is -0.455 e. The molecule has 2 aromatic heterocycles. The van der Waals surface area contributed by atoms with E-state index < -0.39 is 24.1 Å². The summed E-state index contributed by atoms with van der Waals surface area (Å²) in [6.45, 7) is 3.34. The molecule has 6 heteroatoms. The molecule has 2 rings (SSSR count). The highest BCUT2D eigenvalue weighted by Crippen LogP contribution is 2.10. The summed E-state index contributed by atoms with van der Waals surface area (Å²) >= 11 is 0. The Bertz CT molecular complexity index is 574. The van der Waals surface area contributed by atoms with Gasteiger partial charge in [-0.3, -0.25) is 9.97 Å². The third-order valence-electron chi connectivity index (χ3n) is 3.08. The smallest absolute Gasteiger partial charge is 0.338 e. The molecule has 0 aliphatic carbocycles. The standard InChI is InChI=1S/C16H16N2O4/c1-11(21-15(19)13-3-7-17-8-4-13)12(2)22-16(20)14-5-9-18-10-6-14/h3-12H,1-2H3/t11-,12-/m1/s1. The van der Waals surface area contributed by atoms with Crippen molar-refractivity contribution in [1.82, 2.24) is 9.97 Å². The van der Waals surface area contributed by atoms with E-state index in [2.05, 4.69) is 9.97 Å². The fraction of sp³-hybridized carbons (Fsp3) is 0.250. The van der Waals surface area contributed by atoms with Crippen LogP contribution in [0.1, 0.15) is 34.6 Å². The predicted molar refractivity (Wildman–Crippen MR) is 78.2 cm³/mol. The van der Waals surface area contributed by atoms with Gasteiger partial charge in [-0.15, -0.1) is 0 Å². The van der Waals surface area contributed by atoms with E-state index in [-0.39, 0.29) is 0 Å². The maximum Gasteiger partial charge on any atom is 0.338 e. The van der Waals surface area contributed by atoms with Gasteiger partial charge in [-0.2, -0.15) is 0 Å². The summed E-state index contributed by atoms with van der Waals surface area (Å²) in [7, 11) is 0. The second kappa shape index (κ2) is 7.31. The number of carbonyl (C=O) groups excluding carboxylic acids is 2. The highest BCUT2D eigenvalue weighted by Gasteiger charge is 2.22. The summed E-state index contributed by atoms with van der Waals surface area (Å²) in [4.78, 5) is 31.5. The first-order chi connectivity index (χ1) is 10.6. The summed E-state index contributed by atoms with van der Waals surface area (Å²) < 4.78 is 10.6. The number of hydrogen-bond donors (Lipinski definition) is 0. The number of nitrogens with zero attached hydrogens (tertiary/aromatic N) is 2. The Morgan fingerprint density at radius 1 is 0.773 bits per heavy atom. The molecule has 2 aromatic rings. The van der Waals surface area contributed by atoms with Crippen LogP contribution in [0, 0.1) is 0 Å². The molecule has 0 spiro atoms. The van der Waals surface area contributed by atoms with E-state index in [4.69, 9.17) is 9.47 Å². The molecule has 0 bridgehead atoms. The summed E-state index contributed by atoms with van der Waals surface area (Å²) in [5.41, 5.74) is 0.795. The van der Waals surface area contributed by atoms with Crippen molar-refractivity contribution in [3.8, 4) is 0 Å². The molecule has 0 amide bonds. The van der Waals surface area contributed by atoms with Gasteiger partial charge in [0, 0.05) is 24.8 Å². The van der Waals surface area contributed by atoms with Gasteiger partial charge in [0.05, 0.1) is 11.1 Å². The zero-order valence-electron chi connectivity index (χ0n) is 12.3. The summed E-state index contributed by atoms with van der Waals surface area (Å²) in [5.74, 6) is -0.969. The fourth-order valence-corrected chi connectivity index (χ4v) is 1.64. The number of ether oxygens (including phenoxy) is 2. The van der Waals surface area contributed by atoms with Gasteiger partial charge in [0.1, 0.15) is 12.2 Å². The van der Waals surface area contributed by atoms with E-state index in [1.807, 2.05) is 0 Å². The molecule has 6 nitrogen and oxygen atoms in total. The van der Waals surface area contributed by atoms with Gasteiger partial charge >= 0.3 is 11.9 Å². The first-order valence-corrected chi connectivity index (χ1v) is 6.80. The molecule has 114 valence electrons. The Balaban J connectivity index is 1.91. The van der Waals surface area contributed by atoms with Gasteiger partial charge in [0.25, 0.3) is 0 Å². The average Bonchev–Trinajstić information content (AvgIpc) is 2.56. The van der Waals surface area contributed by atoms with Gasteiger partial charge < -0.3 is 9.47 Å². The molecule has 0 saturated heterocycles. The van der Waals surface area contributed by atoms with Crippen molar-refractivity contribution in [2.24, 2.45) is 0 Å². The van der Waals surface area contributed by atoms with Crippen LogP contribution in [0.2, 0.25) is 0 Å². The van der Waals surface area contributed by atoms with E-state index >= 15 is 0 Å². The van der Waals surface area contributed by atoms with Crippen LogP contribution >= 0.6 is 0 Å². The van der Waals surface area contributed by atoms with Crippen LogP contribution in [0.15, 0.2) is 49.1 Å². The third kappa shape index (κ3) is 4.12. The number of hydrogen-bond acceptors (Lipinski definition) is 6. The minimum atomic E-state index is -0.577. The van der Waals surface area contributed by atoms with Gasteiger partial charge in [-0.1, -0.05) is 0 Å². The molecule has 22 heavy (non-hydrogen) atoms. The molecule has 0 aliphatic heterocycles. The molecule has 0 fully saturated rings. The topological polar surface area (TPSA) is 78.4 Å². The van der Waals surface area contributed by atoms with E-state index in [0.717, 1.165) is 0 Å². The molecule has 0 saturated carbocycles. The molecule has 0 unspecified atom stereocenters. The van der Waals surface area contributed by atoms with Gasteiger partial charge in [0.2, 0.25) is 0 Å². The highest BCUT2D eigenvalue weighted by molar-refractivity contribution is 5.90. The Morgan fingerprint density at radius 3 is 1.41 bits per heavy atom. The maximum absolute atomic E-state index is 11.9. The van der Waals surface area contributed by atoms with Crippen molar-refractivity contribution in [2.75, 3.05) is 0 Å². The van der Waals surface area contributed by atoms with E-state index in [0.29, 0.717) is 11.1 Å². The number of aromatic nitrogens is 2. The van der Waals surface area contributed by atoms with Crippen molar-refractivity contribution >= 4 is 11.9 Å². The number of carbonyl (C=O) groups is 2. The van der Waals surface area contributed by atoms with Crippen molar-refractivity contribution < 1.29 is 19.1 Å². The summed E-state index contributed by atoms with van der Waals surface area (Å²) in [6.07, 6.45) is 4.88. The van der Waals surface area contributed by atoms with Crippen LogP contribution in [0.25, 0.3) is 0 Å². The van der Waals surface area contributed by atoms with Gasteiger partial charge in [0.15, 0.2) is 0 Å². The van der Waals surface area contributed by atoms with Crippen LogP contribution in [0.5, 0.6) is 0 Å². The number of rotatable bonds is 5. The molecule has 0 aromatic carbocycles. The quantitative estimate of drug-likeness (QED) is 0.788. The number of pyridine rings is 2. The monoisotopic (exact) mass is 300 g/mol. The second-order valence-corrected chi connectivity index (χ2v) is 4.69. The first-order valence-electron chi connectivity index (χ1n) is 6.80. The third-order valence-corrected chi connectivity index (χ3v) is 3.08. The van der Waals surface area contributed by atoms with Crippen molar-refractivity contribution in [3.63, 3.8) is 0 Å². The minimum absolute atomic E-state index is 0.398. The average molecular weight is 300 g/mol. The lowest BCUT2D eigenvalue weighted by Gasteiger charge is -2.20. The van der Waals surface area contributed by atoms with E-state index in [1.165, 1.54) is 24.8 Å². The molecule has 0 N–H and O–H groups in total. The second-order valence-electron chi connectivity index (χ2n) is 4.69. The van der Waals surface area contributed by atoms with E-state index in [9.17, 15) is 9.59 Å². The molecule has 0 aliphatic rings. The van der Waals surface area contributed by atoms with Crippen molar-refractivity contribution in [1.29, 1.82) is 0 Å². The Labute approximate surface area is 128 Å². The predicted octanol–water partition coefficient (Wildman–Crippen LogP) is 2.27. The number of esters is 2. The Morgan fingerprint density at radius 2 is 1.09 bits per heavy atom. The molecular formula is C16H16N2O4. The first kappa shape index (κ1) is 15.6. The highest BCUT2D eigenvalue weighted by atomic mass is 16.6.